The highest BCUT2D eigenvalue weighted by atomic mass is 16.3. The van der Waals surface area contributed by atoms with E-state index in [4.69, 9.17) is 0 Å². The van der Waals surface area contributed by atoms with Crippen LogP contribution in [0.15, 0.2) is 12.1 Å². The van der Waals surface area contributed by atoms with Gasteiger partial charge in [-0.15, -0.1) is 0 Å². The Morgan fingerprint density at radius 2 is 2.11 bits per heavy atom. The van der Waals surface area contributed by atoms with E-state index in [1.54, 1.807) is 0 Å². The van der Waals surface area contributed by atoms with Crippen LogP contribution in [0.25, 0.3) is 0 Å². The molecule has 104 valence electrons. The van der Waals surface area contributed by atoms with Gasteiger partial charge in [0.05, 0.1) is 0 Å². The van der Waals surface area contributed by atoms with Crippen molar-refractivity contribution in [2.75, 3.05) is 13.1 Å². The van der Waals surface area contributed by atoms with Crippen LogP contribution >= 0.6 is 0 Å². The summed E-state index contributed by atoms with van der Waals surface area (Å²) in [6, 6.07) is 3.95. The highest BCUT2D eigenvalue weighted by Gasteiger charge is 2.36. The van der Waals surface area contributed by atoms with E-state index >= 15 is 0 Å². The molecule has 1 heterocycles. The average Bonchev–Trinajstić information content (AvgIpc) is 2.39. The summed E-state index contributed by atoms with van der Waals surface area (Å²) in [6.07, 6.45) is 5.66. The van der Waals surface area contributed by atoms with Crippen LogP contribution in [0.2, 0.25) is 0 Å². The predicted molar refractivity (Wildman–Crippen MR) is 75.7 cm³/mol. The lowest BCUT2D eigenvalue weighted by Gasteiger charge is -2.45. The summed E-state index contributed by atoms with van der Waals surface area (Å²) < 4.78 is 0. The third-order valence-corrected chi connectivity index (χ3v) is 4.74. The molecule has 3 nitrogen and oxygen atoms in total. The molecule has 1 saturated heterocycles. The Balaban J connectivity index is 1.96. The van der Waals surface area contributed by atoms with Gasteiger partial charge in [-0.2, -0.15) is 0 Å². The number of fused-ring (bicyclic) bond motifs is 3. The molecule has 0 spiro atoms. The predicted octanol–water partition coefficient (Wildman–Crippen LogP) is 3.00. The van der Waals surface area contributed by atoms with Crippen LogP contribution < -0.4 is 0 Å². The zero-order chi connectivity index (χ0) is 13.4. The quantitative estimate of drug-likeness (QED) is 0.860. The van der Waals surface area contributed by atoms with E-state index in [-0.39, 0.29) is 11.5 Å². The summed E-state index contributed by atoms with van der Waals surface area (Å²) in [7, 11) is 0. The number of piperidine rings is 1. The first kappa shape index (κ1) is 12.8. The van der Waals surface area contributed by atoms with E-state index in [1.165, 1.54) is 44.0 Å². The number of hydrogen-bond donors (Lipinski definition) is 2. The molecule has 3 rings (SSSR count). The van der Waals surface area contributed by atoms with Crippen LogP contribution in [0.5, 0.6) is 11.5 Å². The van der Waals surface area contributed by atoms with Crippen molar-refractivity contribution in [1.29, 1.82) is 0 Å². The molecule has 0 amide bonds. The Morgan fingerprint density at radius 1 is 1.26 bits per heavy atom. The molecule has 1 aliphatic heterocycles. The second-order valence-corrected chi connectivity index (χ2v) is 5.92. The van der Waals surface area contributed by atoms with E-state index in [1.807, 2.05) is 6.07 Å². The fraction of sp³-hybridized carbons (Fsp3) is 0.625. The topological polar surface area (TPSA) is 43.7 Å². The van der Waals surface area contributed by atoms with E-state index < -0.39 is 0 Å². The minimum atomic E-state index is 0.199. The average molecular weight is 261 g/mol. The summed E-state index contributed by atoms with van der Waals surface area (Å²) >= 11 is 0. The standard InChI is InChI=1S/C16H23NO2/c1-2-7-17-8-3-4-12-14-9-11(18)10-16(19)13(14)5-6-15(12)17/h9-10,12,15,18-19H,2-8H2,1H3/t12-,15-/m0/s1. The Kier molecular flexibility index (Phi) is 3.40. The SMILES string of the molecule is CCCN1CCC[C@H]2c3cc(O)cc(O)c3CC[C@@H]21. The first-order chi connectivity index (χ1) is 9.20. The summed E-state index contributed by atoms with van der Waals surface area (Å²) in [6.45, 7) is 4.61. The number of hydrogen-bond acceptors (Lipinski definition) is 3. The molecule has 2 aliphatic rings. The molecular weight excluding hydrogens is 238 g/mol. The van der Waals surface area contributed by atoms with Gasteiger partial charge in [0.2, 0.25) is 0 Å². The fourth-order valence-electron chi connectivity index (χ4n) is 4.00. The number of phenolic OH excluding ortho intramolecular Hbond substituents is 2. The molecule has 1 fully saturated rings. The lowest BCUT2D eigenvalue weighted by atomic mass is 9.74. The molecule has 3 heteroatoms. The van der Waals surface area contributed by atoms with E-state index in [2.05, 4.69) is 11.8 Å². The Hall–Kier alpha value is -1.22. The maximum atomic E-state index is 10.0. The van der Waals surface area contributed by atoms with Crippen LogP contribution in [-0.2, 0) is 6.42 Å². The largest absolute Gasteiger partial charge is 0.508 e. The molecule has 1 aromatic carbocycles. The van der Waals surface area contributed by atoms with Crippen LogP contribution in [0, 0.1) is 0 Å². The van der Waals surface area contributed by atoms with Crippen molar-refractivity contribution < 1.29 is 10.2 Å². The summed E-state index contributed by atoms with van der Waals surface area (Å²) in [5.41, 5.74) is 2.26. The molecule has 2 N–H and O–H groups in total. The highest BCUT2D eigenvalue weighted by molar-refractivity contribution is 5.49. The van der Waals surface area contributed by atoms with Crippen LogP contribution in [-0.4, -0.2) is 34.2 Å². The second kappa shape index (κ2) is 5.04. The van der Waals surface area contributed by atoms with E-state index in [9.17, 15) is 10.2 Å². The first-order valence-electron chi connectivity index (χ1n) is 7.49. The van der Waals surface area contributed by atoms with Gasteiger partial charge in [-0.1, -0.05) is 6.92 Å². The molecular formula is C16H23NO2. The molecule has 0 radical (unpaired) electrons. The zero-order valence-corrected chi connectivity index (χ0v) is 11.6. The van der Waals surface area contributed by atoms with Crippen molar-refractivity contribution >= 4 is 0 Å². The monoisotopic (exact) mass is 261 g/mol. The first-order valence-corrected chi connectivity index (χ1v) is 7.49. The number of phenols is 2. The van der Waals surface area contributed by atoms with Gasteiger partial charge < -0.3 is 10.2 Å². The van der Waals surface area contributed by atoms with Crippen LogP contribution in [0.3, 0.4) is 0 Å². The summed E-state index contributed by atoms with van der Waals surface area (Å²) in [5, 5.41) is 19.8. The Labute approximate surface area is 114 Å². The van der Waals surface area contributed by atoms with Gasteiger partial charge >= 0.3 is 0 Å². The van der Waals surface area contributed by atoms with Crippen molar-refractivity contribution in [3.05, 3.63) is 23.3 Å². The minimum absolute atomic E-state index is 0.199. The molecule has 2 atom stereocenters. The van der Waals surface area contributed by atoms with Gasteiger partial charge in [0.15, 0.2) is 0 Å². The van der Waals surface area contributed by atoms with Gasteiger partial charge in [0, 0.05) is 18.0 Å². The summed E-state index contributed by atoms with van der Waals surface area (Å²) in [4.78, 5) is 2.61. The molecule has 0 aromatic heterocycles. The molecule has 19 heavy (non-hydrogen) atoms. The normalized spacial score (nSPS) is 26.8. The van der Waals surface area contributed by atoms with Crippen LogP contribution in [0.4, 0.5) is 0 Å². The van der Waals surface area contributed by atoms with Gasteiger partial charge in [-0.25, -0.2) is 0 Å². The molecule has 0 saturated carbocycles. The molecule has 1 aliphatic carbocycles. The Morgan fingerprint density at radius 3 is 2.89 bits per heavy atom. The zero-order valence-electron chi connectivity index (χ0n) is 11.6. The van der Waals surface area contributed by atoms with Crippen molar-refractivity contribution in [1.82, 2.24) is 4.90 Å². The highest BCUT2D eigenvalue weighted by Crippen LogP contribution is 2.44. The van der Waals surface area contributed by atoms with E-state index in [0.29, 0.717) is 12.0 Å². The molecule has 1 aromatic rings. The lowest BCUT2D eigenvalue weighted by Crippen LogP contribution is -2.46. The minimum Gasteiger partial charge on any atom is -0.508 e. The maximum absolute atomic E-state index is 10.0. The van der Waals surface area contributed by atoms with Gasteiger partial charge in [-0.05, 0) is 62.4 Å². The van der Waals surface area contributed by atoms with Crippen molar-refractivity contribution in [3.63, 3.8) is 0 Å². The lowest BCUT2D eigenvalue weighted by molar-refractivity contribution is 0.112. The van der Waals surface area contributed by atoms with E-state index in [0.717, 1.165) is 18.4 Å². The number of likely N-dealkylation sites (tertiary alicyclic amines) is 1. The number of benzene rings is 1. The van der Waals surface area contributed by atoms with Gasteiger partial charge in [0.25, 0.3) is 0 Å². The maximum Gasteiger partial charge on any atom is 0.122 e. The van der Waals surface area contributed by atoms with Gasteiger partial charge in [-0.3, -0.25) is 4.90 Å². The second-order valence-electron chi connectivity index (χ2n) is 5.92. The van der Waals surface area contributed by atoms with Crippen molar-refractivity contribution in [3.8, 4) is 11.5 Å². The molecule has 0 unspecified atom stereocenters. The number of aromatic hydroxyl groups is 2. The summed E-state index contributed by atoms with van der Waals surface area (Å²) in [5.74, 6) is 0.965. The Bertz CT molecular complexity index is 470. The van der Waals surface area contributed by atoms with Crippen molar-refractivity contribution in [2.45, 2.75) is 51.0 Å². The van der Waals surface area contributed by atoms with Gasteiger partial charge in [0.1, 0.15) is 11.5 Å². The van der Waals surface area contributed by atoms with Crippen LogP contribution in [0.1, 0.15) is 49.7 Å². The van der Waals surface area contributed by atoms with Crippen molar-refractivity contribution in [2.24, 2.45) is 0 Å². The number of nitrogens with zero attached hydrogens (tertiary/aromatic N) is 1. The third-order valence-electron chi connectivity index (χ3n) is 4.74. The third kappa shape index (κ3) is 2.20. The smallest absolute Gasteiger partial charge is 0.122 e. The fourth-order valence-corrected chi connectivity index (χ4v) is 4.00. The molecule has 0 bridgehead atoms. The number of rotatable bonds is 2.